The molecule has 3 aromatic carbocycles. The molecule has 4 rings (SSSR count). The highest BCUT2D eigenvalue weighted by molar-refractivity contribution is 5.83. The van der Waals surface area contributed by atoms with Gasteiger partial charge in [0.25, 0.3) is 0 Å². The molecule has 0 aromatic heterocycles. The summed E-state index contributed by atoms with van der Waals surface area (Å²) in [5.41, 5.74) is 5.54. The third-order valence-corrected chi connectivity index (χ3v) is 5.17. The van der Waals surface area contributed by atoms with Gasteiger partial charge in [-0.05, 0) is 34.2 Å². The maximum absolute atomic E-state index is 11.7. The lowest BCUT2D eigenvalue weighted by Crippen LogP contribution is -2.49. The molecule has 3 aromatic rings. The van der Waals surface area contributed by atoms with Gasteiger partial charge in [-0.25, -0.2) is 0 Å². The van der Waals surface area contributed by atoms with Crippen molar-refractivity contribution in [2.45, 2.75) is 24.9 Å². The summed E-state index contributed by atoms with van der Waals surface area (Å²) >= 11 is 0. The van der Waals surface area contributed by atoms with Crippen LogP contribution in [0.1, 0.15) is 30.0 Å². The molecule has 0 radical (unpaired) electrons. The first-order valence-electron chi connectivity index (χ1n) is 8.79. The minimum absolute atomic E-state index is 0.209. The van der Waals surface area contributed by atoms with Crippen LogP contribution in [0, 0.1) is 0 Å². The smallest absolute Gasteiger partial charge is 0.136 e. The number of fused-ring (bicyclic) bond motifs is 3. The zero-order valence-electron chi connectivity index (χ0n) is 14.3. The molecule has 2 heteroatoms. The minimum atomic E-state index is -0.504. The normalized spacial score (nSPS) is 15.2. The zero-order chi connectivity index (χ0) is 17.3. The van der Waals surface area contributed by atoms with Gasteiger partial charge in [0.1, 0.15) is 6.29 Å². The first-order chi connectivity index (χ1) is 12.3. The second-order valence-corrected chi connectivity index (χ2v) is 6.50. The van der Waals surface area contributed by atoms with E-state index in [0.717, 1.165) is 18.3 Å². The number of hydrogen-bond acceptors (Lipinski definition) is 2. The maximum Gasteiger partial charge on any atom is 0.136 e. The van der Waals surface area contributed by atoms with Gasteiger partial charge in [-0.3, -0.25) is 5.32 Å². The minimum Gasteiger partial charge on any atom is -0.302 e. The molecule has 1 aliphatic carbocycles. The number of hydrogen-bond donors (Lipinski definition) is 1. The van der Waals surface area contributed by atoms with Crippen LogP contribution in [0.25, 0.3) is 11.1 Å². The Morgan fingerprint density at radius 1 is 0.840 bits per heavy atom. The summed E-state index contributed by atoms with van der Waals surface area (Å²) in [6.07, 6.45) is 1.77. The highest BCUT2D eigenvalue weighted by atomic mass is 16.1. The third kappa shape index (κ3) is 2.33. The maximum atomic E-state index is 11.7. The molecule has 0 fully saturated rings. The molecule has 0 bridgehead atoms. The van der Waals surface area contributed by atoms with Crippen LogP contribution in [-0.2, 0) is 10.3 Å². The fourth-order valence-electron chi connectivity index (χ4n) is 3.98. The largest absolute Gasteiger partial charge is 0.302 e. The van der Waals surface area contributed by atoms with Crippen molar-refractivity contribution in [2.24, 2.45) is 0 Å². The Kier molecular flexibility index (Phi) is 3.98. The highest BCUT2D eigenvalue weighted by Gasteiger charge is 2.45. The average molecular weight is 327 g/mol. The molecule has 0 aliphatic heterocycles. The first kappa shape index (κ1) is 15.8. The average Bonchev–Trinajstić information content (AvgIpc) is 2.98. The van der Waals surface area contributed by atoms with Crippen LogP contribution in [0.15, 0.2) is 78.9 Å². The molecule has 0 spiro atoms. The van der Waals surface area contributed by atoms with Gasteiger partial charge in [-0.1, -0.05) is 85.8 Å². The fraction of sp³-hybridized carbons (Fsp3) is 0.174. The standard InChI is InChI=1S/C23H21NO/c1-2-18(16-25)24-23(17-10-4-3-5-11-17)21-14-8-6-12-19(21)20-13-7-9-15-22(20)23/h3-16,18,24H,2H2,1H3/t18-/m0/s1. The van der Waals surface area contributed by atoms with Crippen molar-refractivity contribution >= 4 is 6.29 Å². The number of rotatable bonds is 5. The van der Waals surface area contributed by atoms with Gasteiger partial charge in [0.15, 0.2) is 0 Å². The van der Waals surface area contributed by atoms with E-state index in [1.165, 1.54) is 22.3 Å². The van der Waals surface area contributed by atoms with Gasteiger partial charge < -0.3 is 4.79 Å². The monoisotopic (exact) mass is 327 g/mol. The van der Waals surface area contributed by atoms with Gasteiger partial charge in [-0.15, -0.1) is 0 Å². The van der Waals surface area contributed by atoms with Crippen molar-refractivity contribution in [1.82, 2.24) is 5.32 Å². The van der Waals surface area contributed by atoms with Crippen LogP contribution < -0.4 is 5.32 Å². The molecule has 1 aliphatic rings. The van der Waals surface area contributed by atoms with Crippen LogP contribution in [0.5, 0.6) is 0 Å². The van der Waals surface area contributed by atoms with E-state index in [1.807, 2.05) is 13.0 Å². The second kappa shape index (κ2) is 6.30. The Morgan fingerprint density at radius 3 is 1.88 bits per heavy atom. The fourth-order valence-corrected chi connectivity index (χ4v) is 3.98. The summed E-state index contributed by atoms with van der Waals surface area (Å²) in [7, 11) is 0. The Bertz CT molecular complexity index is 855. The topological polar surface area (TPSA) is 29.1 Å². The number of carbonyl (C=O) groups is 1. The van der Waals surface area contributed by atoms with Crippen LogP contribution in [0.3, 0.4) is 0 Å². The number of nitrogens with one attached hydrogen (secondary N) is 1. The van der Waals surface area contributed by atoms with Crippen LogP contribution in [0.2, 0.25) is 0 Å². The van der Waals surface area contributed by atoms with E-state index in [9.17, 15) is 4.79 Å². The molecule has 0 unspecified atom stereocenters. The van der Waals surface area contributed by atoms with Gasteiger partial charge in [0, 0.05) is 0 Å². The quantitative estimate of drug-likeness (QED) is 0.698. The van der Waals surface area contributed by atoms with E-state index >= 15 is 0 Å². The molecule has 25 heavy (non-hydrogen) atoms. The SMILES string of the molecule is CC[C@@H](C=O)NC1(c2ccccc2)c2ccccc2-c2ccccc21. The second-order valence-electron chi connectivity index (χ2n) is 6.50. The van der Waals surface area contributed by atoms with Crippen molar-refractivity contribution in [3.05, 3.63) is 95.6 Å². The molecule has 2 nitrogen and oxygen atoms in total. The van der Waals surface area contributed by atoms with Gasteiger partial charge >= 0.3 is 0 Å². The molecule has 124 valence electrons. The third-order valence-electron chi connectivity index (χ3n) is 5.17. The van der Waals surface area contributed by atoms with Crippen LogP contribution >= 0.6 is 0 Å². The predicted molar refractivity (Wildman–Crippen MR) is 101 cm³/mol. The molecule has 1 N–H and O–H groups in total. The highest BCUT2D eigenvalue weighted by Crippen LogP contribution is 2.50. The van der Waals surface area contributed by atoms with E-state index in [4.69, 9.17) is 0 Å². The molecule has 0 saturated heterocycles. The summed E-state index contributed by atoms with van der Waals surface area (Å²) in [6.45, 7) is 2.04. The summed E-state index contributed by atoms with van der Waals surface area (Å²) in [5, 5.41) is 3.69. The molecule has 0 amide bonds. The Morgan fingerprint density at radius 2 is 1.36 bits per heavy atom. The van der Waals surface area contributed by atoms with E-state index in [-0.39, 0.29) is 6.04 Å². The van der Waals surface area contributed by atoms with E-state index in [1.54, 1.807) is 0 Å². The molecular formula is C23H21NO. The van der Waals surface area contributed by atoms with Gasteiger partial charge in [0.2, 0.25) is 0 Å². The predicted octanol–water partition coefficient (Wildman–Crippen LogP) is 4.53. The van der Waals surface area contributed by atoms with Crippen molar-refractivity contribution in [3.8, 4) is 11.1 Å². The number of benzene rings is 3. The lowest BCUT2D eigenvalue weighted by molar-refractivity contribution is -0.109. The molecular weight excluding hydrogens is 306 g/mol. The van der Waals surface area contributed by atoms with E-state index in [0.29, 0.717) is 0 Å². The first-order valence-corrected chi connectivity index (χ1v) is 8.79. The van der Waals surface area contributed by atoms with Gasteiger partial charge in [0.05, 0.1) is 11.6 Å². The molecule has 1 atom stereocenters. The summed E-state index contributed by atoms with van der Waals surface area (Å²) in [6, 6.07) is 27.2. The lowest BCUT2D eigenvalue weighted by Gasteiger charge is -2.36. The molecule has 0 saturated carbocycles. The Labute approximate surface area is 148 Å². The van der Waals surface area contributed by atoms with Crippen LogP contribution in [0.4, 0.5) is 0 Å². The molecule has 0 heterocycles. The Balaban J connectivity index is 2.05. The van der Waals surface area contributed by atoms with Crippen molar-refractivity contribution in [2.75, 3.05) is 0 Å². The zero-order valence-corrected chi connectivity index (χ0v) is 14.3. The van der Waals surface area contributed by atoms with E-state index < -0.39 is 5.54 Å². The number of carbonyl (C=O) groups excluding carboxylic acids is 1. The van der Waals surface area contributed by atoms with Crippen molar-refractivity contribution in [3.63, 3.8) is 0 Å². The Hall–Kier alpha value is -2.71. The number of aldehydes is 1. The van der Waals surface area contributed by atoms with E-state index in [2.05, 4.69) is 78.1 Å². The lowest BCUT2D eigenvalue weighted by atomic mass is 9.80. The van der Waals surface area contributed by atoms with Crippen molar-refractivity contribution in [1.29, 1.82) is 0 Å². The summed E-state index contributed by atoms with van der Waals surface area (Å²) in [4.78, 5) is 11.7. The van der Waals surface area contributed by atoms with Crippen molar-refractivity contribution < 1.29 is 4.79 Å². The summed E-state index contributed by atoms with van der Waals surface area (Å²) < 4.78 is 0. The van der Waals surface area contributed by atoms with Crippen LogP contribution in [-0.4, -0.2) is 12.3 Å². The van der Waals surface area contributed by atoms with Gasteiger partial charge in [-0.2, -0.15) is 0 Å². The summed E-state index contributed by atoms with van der Waals surface area (Å²) in [5.74, 6) is 0.